The summed E-state index contributed by atoms with van der Waals surface area (Å²) < 4.78 is 5.87. The molecule has 2 rings (SSSR count). The molecule has 0 radical (unpaired) electrons. The second-order valence-corrected chi connectivity index (χ2v) is 4.60. The fraction of sp³-hybridized carbons (Fsp3) is 0. The Morgan fingerprint density at radius 2 is 2.15 bits per heavy atom. The number of nitrogens with two attached hydrogens (primary N) is 1. The average molecular weight is 337 g/mol. The van der Waals surface area contributed by atoms with Crippen LogP contribution in [-0.2, 0) is 0 Å². The van der Waals surface area contributed by atoms with E-state index >= 15 is 0 Å². The number of ether oxygens (including phenoxy) is 1. The fourth-order valence-corrected chi connectivity index (χ4v) is 1.88. The number of amidine groups is 1. The normalized spacial score (nSPS) is 10.1. The van der Waals surface area contributed by atoms with Crippen molar-refractivity contribution < 1.29 is 9.66 Å². The highest BCUT2D eigenvalue weighted by Crippen LogP contribution is 2.37. The van der Waals surface area contributed by atoms with Gasteiger partial charge in [-0.3, -0.25) is 15.5 Å². The molecule has 2 aromatic rings. The van der Waals surface area contributed by atoms with Crippen molar-refractivity contribution >= 4 is 27.5 Å². The van der Waals surface area contributed by atoms with Crippen LogP contribution in [0.25, 0.3) is 0 Å². The van der Waals surface area contributed by atoms with Gasteiger partial charge in [-0.25, -0.2) is 4.98 Å². The Bertz CT molecular complexity index is 673. The van der Waals surface area contributed by atoms with E-state index in [9.17, 15) is 10.1 Å². The van der Waals surface area contributed by atoms with Gasteiger partial charge in [0.05, 0.1) is 9.40 Å². The number of nitrogens with zero attached hydrogens (tertiary/aromatic N) is 2. The monoisotopic (exact) mass is 336 g/mol. The lowest BCUT2D eigenvalue weighted by Crippen LogP contribution is -2.11. The lowest BCUT2D eigenvalue weighted by atomic mass is 10.2. The van der Waals surface area contributed by atoms with Gasteiger partial charge in [0, 0.05) is 23.9 Å². The molecule has 1 aromatic heterocycles. The Labute approximate surface area is 122 Å². The summed E-state index contributed by atoms with van der Waals surface area (Å²) in [7, 11) is 0. The van der Waals surface area contributed by atoms with Gasteiger partial charge in [0.25, 0.3) is 0 Å². The molecule has 1 aromatic carbocycles. The van der Waals surface area contributed by atoms with Crippen molar-refractivity contribution in [1.29, 1.82) is 5.41 Å². The summed E-state index contributed by atoms with van der Waals surface area (Å²) in [6.45, 7) is 0. The van der Waals surface area contributed by atoms with E-state index in [4.69, 9.17) is 15.9 Å². The number of rotatable bonds is 4. The third kappa shape index (κ3) is 2.91. The number of pyridine rings is 1. The van der Waals surface area contributed by atoms with E-state index in [1.54, 1.807) is 18.2 Å². The summed E-state index contributed by atoms with van der Waals surface area (Å²) in [4.78, 5) is 14.4. The summed E-state index contributed by atoms with van der Waals surface area (Å²) in [6.07, 6.45) is 1.36. The van der Waals surface area contributed by atoms with Crippen LogP contribution in [0.3, 0.4) is 0 Å². The van der Waals surface area contributed by atoms with E-state index in [1.165, 1.54) is 18.3 Å². The first-order chi connectivity index (χ1) is 9.49. The van der Waals surface area contributed by atoms with Crippen LogP contribution in [0.4, 0.5) is 5.69 Å². The van der Waals surface area contributed by atoms with Gasteiger partial charge in [-0.15, -0.1) is 0 Å². The van der Waals surface area contributed by atoms with E-state index in [0.29, 0.717) is 10.0 Å². The van der Waals surface area contributed by atoms with Gasteiger partial charge in [0.2, 0.25) is 11.6 Å². The molecule has 8 heteroatoms. The summed E-state index contributed by atoms with van der Waals surface area (Å²) in [6, 6.07) is 7.55. The van der Waals surface area contributed by atoms with E-state index in [0.717, 1.165) is 0 Å². The maximum atomic E-state index is 10.9. The van der Waals surface area contributed by atoms with Gasteiger partial charge in [0.1, 0.15) is 5.84 Å². The molecule has 0 bridgehead atoms. The Hall–Kier alpha value is -2.48. The van der Waals surface area contributed by atoms with Crippen LogP contribution >= 0.6 is 15.9 Å². The molecule has 0 spiro atoms. The molecule has 20 heavy (non-hydrogen) atoms. The van der Waals surface area contributed by atoms with Gasteiger partial charge >= 0.3 is 5.69 Å². The van der Waals surface area contributed by atoms with Gasteiger partial charge in [-0.05, 0) is 28.1 Å². The number of halogens is 1. The van der Waals surface area contributed by atoms with Crippen LogP contribution in [0.1, 0.15) is 5.56 Å². The van der Waals surface area contributed by atoms with Crippen molar-refractivity contribution in [3.05, 3.63) is 56.7 Å². The van der Waals surface area contributed by atoms with Crippen molar-refractivity contribution in [2.24, 2.45) is 5.73 Å². The predicted molar refractivity (Wildman–Crippen MR) is 76.1 cm³/mol. The van der Waals surface area contributed by atoms with E-state index in [2.05, 4.69) is 20.9 Å². The number of para-hydroxylation sites is 1. The summed E-state index contributed by atoms with van der Waals surface area (Å²) in [5, 5.41) is 18.2. The van der Waals surface area contributed by atoms with Crippen LogP contribution in [0, 0.1) is 15.5 Å². The lowest BCUT2D eigenvalue weighted by molar-refractivity contribution is -0.385. The molecular weight excluding hydrogens is 328 g/mol. The molecule has 0 unspecified atom stereocenters. The zero-order valence-corrected chi connectivity index (χ0v) is 11.6. The Morgan fingerprint density at radius 3 is 2.70 bits per heavy atom. The first-order valence-electron chi connectivity index (χ1n) is 5.40. The minimum atomic E-state index is -0.538. The number of benzene rings is 1. The maximum absolute atomic E-state index is 10.9. The van der Waals surface area contributed by atoms with Crippen LogP contribution in [0.15, 0.2) is 41.0 Å². The number of aromatic nitrogens is 1. The molecule has 0 atom stereocenters. The second-order valence-electron chi connectivity index (χ2n) is 3.75. The first kappa shape index (κ1) is 13.9. The molecular formula is C12H9BrN4O3. The third-order valence-electron chi connectivity index (χ3n) is 2.40. The van der Waals surface area contributed by atoms with Gasteiger partial charge in [0.15, 0.2) is 0 Å². The average Bonchev–Trinajstić information content (AvgIpc) is 2.41. The highest BCUT2D eigenvalue weighted by molar-refractivity contribution is 9.10. The molecule has 0 aliphatic carbocycles. The number of hydrogen-bond donors (Lipinski definition) is 2. The van der Waals surface area contributed by atoms with E-state index in [1.807, 2.05) is 0 Å². The number of nitrogen functional groups attached to an aromatic ring is 1. The van der Waals surface area contributed by atoms with Crippen molar-refractivity contribution in [3.8, 4) is 11.6 Å². The molecule has 3 N–H and O–H groups in total. The van der Waals surface area contributed by atoms with Crippen molar-refractivity contribution in [2.75, 3.05) is 0 Å². The topological polar surface area (TPSA) is 115 Å². The molecule has 0 saturated heterocycles. The highest BCUT2D eigenvalue weighted by Gasteiger charge is 2.19. The second kappa shape index (κ2) is 5.66. The SMILES string of the molecule is N=C(N)c1ccc(Oc2c(Br)cccc2[N+](=O)[O-])nc1. The number of nitrogens with one attached hydrogen (secondary N) is 1. The van der Waals surface area contributed by atoms with Gasteiger partial charge < -0.3 is 10.5 Å². The lowest BCUT2D eigenvalue weighted by Gasteiger charge is -2.07. The molecule has 1 heterocycles. The summed E-state index contributed by atoms with van der Waals surface area (Å²) in [5.41, 5.74) is 5.58. The number of hydrogen-bond acceptors (Lipinski definition) is 5. The molecule has 0 amide bonds. The Balaban J connectivity index is 2.34. The van der Waals surface area contributed by atoms with Crippen molar-refractivity contribution in [3.63, 3.8) is 0 Å². The van der Waals surface area contributed by atoms with Crippen LogP contribution in [0.5, 0.6) is 11.6 Å². The first-order valence-corrected chi connectivity index (χ1v) is 6.19. The van der Waals surface area contributed by atoms with E-state index < -0.39 is 4.92 Å². The van der Waals surface area contributed by atoms with Crippen LogP contribution in [0.2, 0.25) is 0 Å². The zero-order valence-electron chi connectivity index (χ0n) is 10.0. The smallest absolute Gasteiger partial charge is 0.312 e. The largest absolute Gasteiger partial charge is 0.431 e. The molecule has 7 nitrogen and oxygen atoms in total. The number of nitro benzene ring substituents is 1. The third-order valence-corrected chi connectivity index (χ3v) is 3.02. The Kier molecular flexibility index (Phi) is 3.94. The molecule has 0 aliphatic heterocycles. The zero-order chi connectivity index (χ0) is 14.7. The minimum absolute atomic E-state index is 0.0700. The van der Waals surface area contributed by atoms with Gasteiger partial charge in [-0.2, -0.15) is 0 Å². The highest BCUT2D eigenvalue weighted by atomic mass is 79.9. The van der Waals surface area contributed by atoms with Crippen molar-refractivity contribution in [2.45, 2.75) is 0 Å². The molecule has 102 valence electrons. The Morgan fingerprint density at radius 1 is 1.40 bits per heavy atom. The quantitative estimate of drug-likeness (QED) is 0.385. The maximum Gasteiger partial charge on any atom is 0.312 e. The fourth-order valence-electron chi connectivity index (χ4n) is 1.45. The van der Waals surface area contributed by atoms with Crippen LogP contribution < -0.4 is 10.5 Å². The van der Waals surface area contributed by atoms with Crippen molar-refractivity contribution in [1.82, 2.24) is 4.98 Å². The van der Waals surface area contributed by atoms with Gasteiger partial charge in [-0.1, -0.05) is 6.07 Å². The van der Waals surface area contributed by atoms with Crippen LogP contribution in [-0.4, -0.2) is 15.7 Å². The van der Waals surface area contributed by atoms with E-state index in [-0.39, 0.29) is 23.2 Å². The summed E-state index contributed by atoms with van der Waals surface area (Å²) in [5.74, 6) is 0.126. The minimum Gasteiger partial charge on any atom is -0.431 e. The standard InChI is InChI=1S/C12H9BrN4O3/c13-8-2-1-3-9(17(18)19)11(8)20-10-5-4-7(6-16-10)12(14)15/h1-6H,(H3,14,15). The predicted octanol–water partition coefficient (Wildman–Crippen LogP) is 2.83. The molecule has 0 aliphatic rings. The molecule has 0 saturated carbocycles. The summed E-state index contributed by atoms with van der Waals surface area (Å²) >= 11 is 3.20. The molecule has 0 fully saturated rings. The number of nitro groups is 1.